The van der Waals surface area contributed by atoms with Gasteiger partial charge in [-0.2, -0.15) is 0 Å². The van der Waals surface area contributed by atoms with Crippen LogP contribution < -0.4 is 4.90 Å². The number of amides is 1. The number of carboxylic acids is 1. The summed E-state index contributed by atoms with van der Waals surface area (Å²) in [4.78, 5) is 24.6. The Kier molecular flexibility index (Phi) is 4.35. The van der Waals surface area contributed by atoms with Crippen LogP contribution in [0.15, 0.2) is 54.6 Å². The van der Waals surface area contributed by atoms with Gasteiger partial charge in [0.15, 0.2) is 6.10 Å². The van der Waals surface area contributed by atoms with Crippen LogP contribution in [0, 0.1) is 0 Å². The van der Waals surface area contributed by atoms with Crippen LogP contribution in [0.3, 0.4) is 0 Å². The molecule has 5 heteroatoms. The van der Waals surface area contributed by atoms with Crippen molar-refractivity contribution in [3.8, 4) is 0 Å². The van der Waals surface area contributed by atoms with Crippen molar-refractivity contribution in [2.45, 2.75) is 6.10 Å². The Bertz CT molecular complexity index is 654. The molecule has 0 aliphatic carbocycles. The summed E-state index contributed by atoms with van der Waals surface area (Å²) in [6.45, 7) is 0. The van der Waals surface area contributed by atoms with E-state index in [0.29, 0.717) is 5.56 Å². The van der Waals surface area contributed by atoms with Gasteiger partial charge in [0.25, 0.3) is 5.91 Å². The number of carbonyl (C=O) groups excluding carboxylic acids is 1. The summed E-state index contributed by atoms with van der Waals surface area (Å²) in [5.74, 6) is -1.71. The first-order chi connectivity index (χ1) is 10.0. The summed E-state index contributed by atoms with van der Waals surface area (Å²) in [5.41, 5.74) is 0.709. The molecule has 0 aliphatic rings. The molecule has 2 rings (SSSR count). The number of aliphatic hydroxyl groups excluding tert-OH is 1. The predicted molar refractivity (Wildman–Crippen MR) is 78.2 cm³/mol. The number of aliphatic hydroxyl groups is 1. The molecule has 5 nitrogen and oxygen atoms in total. The average Bonchev–Trinajstić information content (AvgIpc) is 2.53. The molecule has 1 amide bonds. The normalized spacial score (nSPS) is 11.7. The highest BCUT2D eigenvalue weighted by Gasteiger charge is 2.24. The van der Waals surface area contributed by atoms with Crippen molar-refractivity contribution < 1.29 is 19.8 Å². The maximum atomic E-state index is 12.3. The van der Waals surface area contributed by atoms with Gasteiger partial charge in [-0.05, 0) is 17.7 Å². The predicted octanol–water partition coefficient (Wildman–Crippen LogP) is 2.08. The molecule has 0 aromatic heterocycles. The molecule has 0 fully saturated rings. The quantitative estimate of drug-likeness (QED) is 0.901. The lowest BCUT2D eigenvalue weighted by Gasteiger charge is -2.22. The van der Waals surface area contributed by atoms with E-state index < -0.39 is 18.0 Å². The lowest BCUT2D eigenvalue weighted by Crippen LogP contribution is -2.32. The molecule has 2 aromatic rings. The first kappa shape index (κ1) is 14.7. The van der Waals surface area contributed by atoms with E-state index >= 15 is 0 Å². The van der Waals surface area contributed by atoms with E-state index in [2.05, 4.69) is 0 Å². The van der Waals surface area contributed by atoms with Gasteiger partial charge in [-0.25, -0.2) is 4.79 Å². The monoisotopic (exact) mass is 285 g/mol. The van der Waals surface area contributed by atoms with Crippen molar-refractivity contribution in [1.82, 2.24) is 0 Å². The summed E-state index contributed by atoms with van der Waals surface area (Å²) >= 11 is 0. The number of benzene rings is 2. The van der Waals surface area contributed by atoms with Crippen LogP contribution in [-0.2, 0) is 4.79 Å². The lowest BCUT2D eigenvalue weighted by atomic mass is 10.1. The SMILES string of the molecule is CN(C(=O)C(O)c1ccccc1)c1ccccc1C(=O)O. The molecule has 0 radical (unpaired) electrons. The van der Waals surface area contributed by atoms with Gasteiger partial charge in [0, 0.05) is 7.05 Å². The standard InChI is InChI=1S/C16H15NO4/c1-17(13-10-6-5-9-12(13)16(20)21)15(19)14(18)11-7-3-2-4-8-11/h2-10,14,18H,1H3,(H,20,21). The third-order valence-corrected chi connectivity index (χ3v) is 3.18. The van der Waals surface area contributed by atoms with Crippen LogP contribution in [0.1, 0.15) is 22.0 Å². The molecule has 2 N–H and O–H groups in total. The van der Waals surface area contributed by atoms with E-state index in [1.807, 2.05) is 0 Å². The van der Waals surface area contributed by atoms with Crippen molar-refractivity contribution >= 4 is 17.6 Å². The number of likely N-dealkylation sites (N-methyl/N-ethyl adjacent to an activating group) is 1. The second-order valence-corrected chi connectivity index (χ2v) is 4.53. The largest absolute Gasteiger partial charge is 0.478 e. The molecule has 0 aliphatic heterocycles. The number of para-hydroxylation sites is 1. The fraction of sp³-hybridized carbons (Fsp3) is 0.125. The number of anilines is 1. The minimum Gasteiger partial charge on any atom is -0.478 e. The maximum Gasteiger partial charge on any atom is 0.337 e. The van der Waals surface area contributed by atoms with Crippen LogP contribution in [0.5, 0.6) is 0 Å². The smallest absolute Gasteiger partial charge is 0.337 e. The second kappa shape index (κ2) is 6.19. The van der Waals surface area contributed by atoms with Crippen LogP contribution in [0.25, 0.3) is 0 Å². The second-order valence-electron chi connectivity index (χ2n) is 4.53. The summed E-state index contributed by atoms with van der Waals surface area (Å²) in [5, 5.41) is 19.3. The zero-order chi connectivity index (χ0) is 15.4. The Morgan fingerprint density at radius 1 is 1.00 bits per heavy atom. The minimum atomic E-state index is -1.34. The summed E-state index contributed by atoms with van der Waals surface area (Å²) in [6, 6.07) is 14.7. The van der Waals surface area contributed by atoms with Crippen molar-refractivity contribution in [3.63, 3.8) is 0 Å². The Hall–Kier alpha value is -2.66. The first-order valence-corrected chi connectivity index (χ1v) is 6.35. The molecule has 21 heavy (non-hydrogen) atoms. The zero-order valence-corrected chi connectivity index (χ0v) is 11.4. The number of aromatic carboxylic acids is 1. The zero-order valence-electron chi connectivity index (χ0n) is 11.4. The van der Waals surface area contributed by atoms with E-state index in [-0.39, 0.29) is 11.3 Å². The number of rotatable bonds is 4. The molecular formula is C16H15NO4. The molecule has 2 aromatic carbocycles. The molecule has 1 unspecified atom stereocenters. The highest BCUT2D eigenvalue weighted by molar-refractivity contribution is 6.03. The van der Waals surface area contributed by atoms with Gasteiger partial charge in [-0.15, -0.1) is 0 Å². The van der Waals surface area contributed by atoms with Crippen LogP contribution in [-0.4, -0.2) is 29.1 Å². The number of nitrogens with zero attached hydrogens (tertiary/aromatic N) is 1. The number of hydrogen-bond acceptors (Lipinski definition) is 3. The van der Waals surface area contributed by atoms with Crippen LogP contribution in [0.4, 0.5) is 5.69 Å². The fourth-order valence-corrected chi connectivity index (χ4v) is 2.03. The fourth-order valence-electron chi connectivity index (χ4n) is 2.03. The maximum absolute atomic E-state index is 12.3. The summed E-state index contributed by atoms with van der Waals surface area (Å²) in [7, 11) is 1.44. The van der Waals surface area contributed by atoms with Crippen molar-refractivity contribution in [2.24, 2.45) is 0 Å². The van der Waals surface area contributed by atoms with Crippen molar-refractivity contribution in [2.75, 3.05) is 11.9 Å². The van der Waals surface area contributed by atoms with Crippen LogP contribution in [0.2, 0.25) is 0 Å². The Morgan fingerprint density at radius 3 is 2.19 bits per heavy atom. The van der Waals surface area contributed by atoms with Crippen molar-refractivity contribution in [3.05, 3.63) is 65.7 Å². The van der Waals surface area contributed by atoms with E-state index in [1.54, 1.807) is 42.5 Å². The lowest BCUT2D eigenvalue weighted by molar-refractivity contribution is -0.126. The molecular weight excluding hydrogens is 270 g/mol. The molecule has 0 saturated heterocycles. The molecule has 1 atom stereocenters. The van der Waals surface area contributed by atoms with Crippen LogP contribution >= 0.6 is 0 Å². The first-order valence-electron chi connectivity index (χ1n) is 6.35. The Balaban J connectivity index is 2.30. The van der Waals surface area contributed by atoms with E-state index in [9.17, 15) is 14.7 Å². The molecule has 0 bridgehead atoms. The topological polar surface area (TPSA) is 77.8 Å². The number of carbonyl (C=O) groups is 2. The molecule has 0 spiro atoms. The van der Waals surface area contributed by atoms with E-state index in [0.717, 1.165) is 4.90 Å². The minimum absolute atomic E-state index is 0.00797. The Labute approximate surface area is 122 Å². The Morgan fingerprint density at radius 2 is 1.57 bits per heavy atom. The molecule has 0 saturated carbocycles. The van der Waals surface area contributed by atoms with E-state index in [1.165, 1.54) is 19.2 Å². The van der Waals surface area contributed by atoms with Gasteiger partial charge in [-0.3, -0.25) is 4.79 Å². The molecule has 108 valence electrons. The average molecular weight is 285 g/mol. The van der Waals surface area contributed by atoms with Gasteiger partial charge < -0.3 is 15.1 Å². The highest BCUT2D eigenvalue weighted by Crippen LogP contribution is 2.23. The van der Waals surface area contributed by atoms with E-state index in [4.69, 9.17) is 5.11 Å². The number of carboxylic acid groups (broad SMARTS) is 1. The van der Waals surface area contributed by atoms with Gasteiger partial charge in [0.2, 0.25) is 0 Å². The molecule has 0 heterocycles. The van der Waals surface area contributed by atoms with Gasteiger partial charge in [0.05, 0.1) is 11.3 Å². The summed E-state index contributed by atoms with van der Waals surface area (Å²) < 4.78 is 0. The third-order valence-electron chi connectivity index (χ3n) is 3.18. The summed E-state index contributed by atoms with van der Waals surface area (Å²) in [6.07, 6.45) is -1.34. The van der Waals surface area contributed by atoms with Gasteiger partial charge in [-0.1, -0.05) is 42.5 Å². The van der Waals surface area contributed by atoms with Crippen molar-refractivity contribution in [1.29, 1.82) is 0 Å². The highest BCUT2D eigenvalue weighted by atomic mass is 16.4. The third kappa shape index (κ3) is 3.09. The van der Waals surface area contributed by atoms with Gasteiger partial charge >= 0.3 is 5.97 Å². The van der Waals surface area contributed by atoms with Gasteiger partial charge in [0.1, 0.15) is 0 Å². The number of hydrogen-bond donors (Lipinski definition) is 2.